The van der Waals surface area contributed by atoms with Crippen molar-refractivity contribution in [1.82, 2.24) is 37.2 Å². The molecule has 7 heterocycles. The van der Waals surface area contributed by atoms with E-state index in [1.165, 1.54) is 13.1 Å². The van der Waals surface area contributed by atoms with E-state index in [-0.39, 0.29) is 17.9 Å². The Kier molecular flexibility index (Phi) is 22.8. The van der Waals surface area contributed by atoms with E-state index in [1.807, 2.05) is 0 Å². The molecule has 2 saturated heterocycles. The Morgan fingerprint density at radius 1 is 0.618 bits per heavy atom. The van der Waals surface area contributed by atoms with Crippen molar-refractivity contribution in [3.8, 4) is 57.1 Å². The number of aromatic hydroxyl groups is 3. The Bertz CT molecular complexity index is 4130. The summed E-state index contributed by atoms with van der Waals surface area (Å²) in [5.74, 6) is -18.4. The predicted molar refractivity (Wildman–Crippen MR) is 345 cm³/mol. The van der Waals surface area contributed by atoms with Crippen molar-refractivity contribution in [1.29, 1.82) is 0 Å². The van der Waals surface area contributed by atoms with Gasteiger partial charge in [0.15, 0.2) is 35.7 Å². The zero-order valence-corrected chi connectivity index (χ0v) is 55.1. The summed E-state index contributed by atoms with van der Waals surface area (Å²) >= 11 is 13.9. The van der Waals surface area contributed by atoms with Gasteiger partial charge in [0.1, 0.15) is 108 Å². The van der Waals surface area contributed by atoms with Crippen LogP contribution in [0, 0.1) is 5.92 Å². The first-order valence-electron chi connectivity index (χ1n) is 31.3. The topological polar surface area (TPSA) is 562 Å². The monoisotopic (exact) mass is 1460 g/mol. The van der Waals surface area contributed by atoms with Gasteiger partial charge < -0.3 is 133 Å². The number of phenols is 3. The summed E-state index contributed by atoms with van der Waals surface area (Å²) in [6.45, 7) is 1.58. The number of ether oxygens (including phenoxy) is 6. The number of amides is 7. The molecule has 0 radical (unpaired) electrons. The van der Waals surface area contributed by atoms with Crippen LogP contribution in [0.2, 0.25) is 10.0 Å². The molecule has 0 saturated carbocycles. The second kappa shape index (κ2) is 30.9. The number of carbonyl (C=O) groups is 9. The number of nitrogens with two attached hydrogens (primary N) is 1. The van der Waals surface area contributed by atoms with Crippen molar-refractivity contribution >= 4 is 76.3 Å². The van der Waals surface area contributed by atoms with Crippen LogP contribution < -0.4 is 57.2 Å². The summed E-state index contributed by atoms with van der Waals surface area (Å²) in [4.78, 5) is 131. The van der Waals surface area contributed by atoms with Crippen molar-refractivity contribution in [2.75, 3.05) is 20.3 Å². The largest absolute Gasteiger partial charge is 0.508 e. The van der Waals surface area contributed by atoms with Gasteiger partial charge in [-0.15, -0.1) is 0 Å². The van der Waals surface area contributed by atoms with E-state index >= 15 is 14.4 Å². The molecule has 18 atom stereocenters. The third-order valence-corrected chi connectivity index (χ3v) is 17.9. The van der Waals surface area contributed by atoms with Crippen molar-refractivity contribution in [2.24, 2.45) is 11.7 Å². The minimum atomic E-state index is -2.51. The maximum Gasteiger partial charge on any atom is 0.330 e. The highest BCUT2D eigenvalue weighted by molar-refractivity contribution is 6.33. The van der Waals surface area contributed by atoms with Gasteiger partial charge in [0.25, 0.3) is 5.91 Å². The number of hydrogen-bond acceptors (Lipinski definition) is 27. The fourth-order valence-electron chi connectivity index (χ4n) is 12.1. The number of carboxylic acids is 1. The lowest BCUT2D eigenvalue weighted by Gasteiger charge is -2.45. The second-order valence-corrected chi connectivity index (χ2v) is 25.6. The molecular weight excluding hydrogens is 1400 g/mol. The minimum absolute atomic E-state index is 0.116. The first kappa shape index (κ1) is 75.1. The van der Waals surface area contributed by atoms with E-state index in [0.29, 0.717) is 0 Å². The van der Waals surface area contributed by atoms with Gasteiger partial charge in [-0.25, -0.2) is 4.79 Å². The van der Waals surface area contributed by atoms with Crippen LogP contribution in [0.25, 0.3) is 11.1 Å². The highest BCUT2D eigenvalue weighted by Gasteiger charge is 2.52. The smallest absolute Gasteiger partial charge is 0.330 e. The predicted octanol–water partition coefficient (Wildman–Crippen LogP) is -2.16. The van der Waals surface area contributed by atoms with Crippen LogP contribution in [-0.4, -0.2) is 220 Å². The Labute approximate surface area is 586 Å². The lowest BCUT2D eigenvalue weighted by molar-refractivity contribution is -0.352. The first-order valence-corrected chi connectivity index (χ1v) is 32.1. The molecular formula is C65H70Cl2N8O27. The van der Waals surface area contributed by atoms with E-state index in [9.17, 15) is 90.0 Å². The number of aliphatic hydroxyl groups excluding tert-OH is 8. The van der Waals surface area contributed by atoms with E-state index < -0.39 is 272 Å². The van der Waals surface area contributed by atoms with Crippen LogP contribution in [0.3, 0.4) is 0 Å². The van der Waals surface area contributed by atoms with Gasteiger partial charge in [-0.2, -0.15) is 0 Å². The number of aliphatic hydroxyl groups is 8. The summed E-state index contributed by atoms with van der Waals surface area (Å²) in [6.07, 6.45) is -23.1. The molecule has 37 heteroatoms. The van der Waals surface area contributed by atoms with Crippen molar-refractivity contribution < 1.29 is 133 Å². The van der Waals surface area contributed by atoms with E-state index in [0.717, 1.165) is 72.8 Å². The molecule has 12 rings (SSSR count). The average Bonchev–Trinajstić information content (AvgIpc) is 0.769. The van der Waals surface area contributed by atoms with Gasteiger partial charge in [0, 0.05) is 28.3 Å². The van der Waals surface area contributed by atoms with Gasteiger partial charge in [-0.05, 0) is 96.7 Å². The quantitative estimate of drug-likeness (QED) is 0.0527. The molecule has 7 aliphatic rings. The summed E-state index contributed by atoms with van der Waals surface area (Å²) in [7, 11) is 1.45. The maximum absolute atomic E-state index is 15.9. The SMILES string of the molecule is CN[C@H](CC(C)C)C(=O)N[C@H]1C(=O)N[C@@H](CC(N)=O)C(=O)N[C@H]2C(=O)N[C@H]3C(=O)N[C@H](C(=O)N[C@H](C(=O)O)c4cc(O)cc(O)c4-c4cc3ccc4O)C(=O)c3ccc(c(Cl)c3)Oc3cc2cc(c3O[C@@H]2O[C@H](CO)[C@@H](O[C@@H]3O[C@H](CO)[C@H](O)[C@H](O)[C@H]3O)[C@H](O)[C@H]2O)Oc2ccc(cc2Cl)[C@H]1O. The highest BCUT2D eigenvalue weighted by atomic mass is 35.5. The molecule has 0 unspecified atom stereocenters. The summed E-state index contributed by atoms with van der Waals surface area (Å²) in [5.41, 5.74) is 2.34. The number of nitrogens with one attached hydrogen (secondary N) is 7. The first-order chi connectivity index (χ1) is 48.3. The lowest BCUT2D eigenvalue weighted by Crippen LogP contribution is -2.65. The van der Waals surface area contributed by atoms with Crippen molar-refractivity contribution in [2.45, 2.75) is 136 Å². The number of fused-ring (bicyclic) bond motifs is 15. The Balaban J connectivity index is 1.20. The number of aliphatic carboxylic acids is 1. The molecule has 546 valence electrons. The Hall–Kier alpha value is -9.57. The normalized spacial score (nSPS) is 28.5. The Morgan fingerprint density at radius 2 is 1.21 bits per heavy atom. The van der Waals surface area contributed by atoms with Crippen LogP contribution in [0.5, 0.6) is 46.0 Å². The number of benzene rings is 5. The summed E-state index contributed by atoms with van der Waals surface area (Å²) in [6, 6.07) is -2.08. The number of phenolic OH excluding ortho intramolecular Hbond substituents is 3. The molecule has 11 bridgehead atoms. The molecule has 5 aromatic rings. The van der Waals surface area contributed by atoms with E-state index in [4.69, 9.17) is 57.4 Å². The number of carbonyl (C=O) groups excluding carboxylic acids is 8. The van der Waals surface area contributed by atoms with Crippen LogP contribution in [0.15, 0.2) is 78.9 Å². The van der Waals surface area contributed by atoms with Gasteiger partial charge in [-0.1, -0.05) is 49.2 Å². The number of rotatable bonds is 14. The van der Waals surface area contributed by atoms with Crippen LogP contribution in [0.1, 0.15) is 83.5 Å². The van der Waals surface area contributed by atoms with E-state index in [1.54, 1.807) is 13.8 Å². The maximum atomic E-state index is 15.9. The number of carboxylic acid groups (broad SMARTS) is 1. The number of primary amides is 1. The van der Waals surface area contributed by atoms with Crippen LogP contribution in [-0.2, 0) is 52.6 Å². The molecule has 5 aromatic carbocycles. The van der Waals surface area contributed by atoms with Crippen LogP contribution >= 0.6 is 23.2 Å². The van der Waals surface area contributed by atoms with Gasteiger partial charge in [0.05, 0.1) is 35.7 Å². The molecule has 35 nitrogen and oxygen atoms in total. The fourth-order valence-corrected chi connectivity index (χ4v) is 12.5. The molecule has 102 heavy (non-hydrogen) atoms. The Morgan fingerprint density at radius 3 is 1.81 bits per heavy atom. The molecule has 0 aromatic heterocycles. The zero-order valence-electron chi connectivity index (χ0n) is 53.6. The van der Waals surface area contributed by atoms with E-state index in [2.05, 4.69) is 37.2 Å². The summed E-state index contributed by atoms with van der Waals surface area (Å²) in [5, 5.41) is 149. The van der Waals surface area contributed by atoms with Gasteiger partial charge in [-0.3, -0.25) is 38.4 Å². The molecule has 7 amide bonds. The van der Waals surface area contributed by atoms with Crippen LogP contribution in [0.4, 0.5) is 0 Å². The third kappa shape index (κ3) is 15.6. The second-order valence-electron chi connectivity index (χ2n) is 24.8. The minimum Gasteiger partial charge on any atom is -0.508 e. The number of ketones is 1. The molecule has 7 aliphatic heterocycles. The standard InChI is InChI=1S/C65H70Cl2N8O27/c1-21(2)10-31(69-3)57(89)74-46-48(82)23-5-8-35(29(66)12-23)97-37-14-25-15-38(55(37)101-65-54(88)52(86)56(40(20-77)100-65)102-64-53(87)51(85)50(84)39(19-76)99-64)98-36-9-6-24(13-30(36)67)49(83)47-62(94)73-45(63(95)96)28-16-26(78)17-34(80)42(28)27-11-22(4-7-33(27)79)43(59(91)75-47)72-60(92)44(25)71-58(90)32(18-41(68)81)70-61(46)93/h4-9,11-17,21,31-32,39-40,43-48,50-54,56,64-65,69,76-80,82,84-88H,10,18-20H2,1-3H3,(H2,68,81)(H,70,93)(H,71,90)(H,72,92)(H,73,94)(H,74,89)(H,75,91)(H,95,96)/t31-,32+,39-,40-,43-,44-,45+,46-,47+,48-,50+,51+,52-,53-,54-,56-,64+,65+/m1/s1. The highest BCUT2D eigenvalue weighted by Crippen LogP contribution is 2.49. The molecule has 2 fully saturated rings. The third-order valence-electron chi connectivity index (χ3n) is 17.3. The number of likely N-dealkylation sites (N-methyl/N-ethyl adjacent to an activating group) is 1. The zero-order chi connectivity index (χ0) is 74.2. The van der Waals surface area contributed by atoms with Gasteiger partial charge >= 0.3 is 5.97 Å². The molecule has 0 spiro atoms. The van der Waals surface area contributed by atoms with Crippen molar-refractivity contribution in [3.05, 3.63) is 117 Å². The van der Waals surface area contributed by atoms with Crippen molar-refractivity contribution in [3.63, 3.8) is 0 Å². The average molecular weight is 1470 g/mol. The lowest BCUT2D eigenvalue weighted by atomic mass is 9.89. The fraction of sp³-hybridized carbons (Fsp3) is 0.400. The summed E-state index contributed by atoms with van der Waals surface area (Å²) < 4.78 is 36.5. The number of Topliss-reactive ketones (excluding diaryl/α,β-unsaturated/α-hetero) is 1. The molecule has 21 N–H and O–H groups in total. The number of halogens is 2. The number of hydrogen-bond donors (Lipinski definition) is 20. The molecule has 0 aliphatic carbocycles. The van der Waals surface area contributed by atoms with Gasteiger partial charge in [0.2, 0.25) is 47.5 Å².